The maximum atomic E-state index is 2.43. The van der Waals surface area contributed by atoms with Gasteiger partial charge in [-0.25, -0.2) is 0 Å². The van der Waals surface area contributed by atoms with Crippen LogP contribution in [-0.4, -0.2) is 0 Å². The molecule has 5 rings (SSSR count). The summed E-state index contributed by atoms with van der Waals surface area (Å²) in [5.74, 6) is 0. The second-order valence-electron chi connectivity index (χ2n) is 7.58. The molecular formula is C26H21Cl2Zr. The Hall–Kier alpha value is -1.40. The van der Waals surface area contributed by atoms with Gasteiger partial charge in [-0.05, 0) is 0 Å². The predicted octanol–water partition coefficient (Wildman–Crippen LogP) is 0.658. The first-order chi connectivity index (χ1) is 13.2. The Morgan fingerprint density at radius 1 is 0.793 bits per heavy atom. The maximum Gasteiger partial charge on any atom is -1.00 e. The predicted molar refractivity (Wildman–Crippen MR) is 109 cm³/mol. The normalized spacial score (nSPS) is 16.5. The van der Waals surface area contributed by atoms with E-state index in [2.05, 4.69) is 85.8 Å². The molecule has 0 aliphatic heterocycles. The van der Waals surface area contributed by atoms with Crippen molar-refractivity contribution in [1.82, 2.24) is 0 Å². The average Bonchev–Trinajstić information content (AvgIpc) is 3.21. The van der Waals surface area contributed by atoms with Crippen molar-refractivity contribution in [1.29, 1.82) is 0 Å². The molecule has 0 radical (unpaired) electrons. The summed E-state index contributed by atoms with van der Waals surface area (Å²) in [4.78, 5) is 0. The molecule has 0 heterocycles. The van der Waals surface area contributed by atoms with Gasteiger partial charge in [0.05, 0.1) is 0 Å². The Kier molecular flexibility index (Phi) is 7.05. The van der Waals surface area contributed by atoms with E-state index in [-0.39, 0.29) is 24.8 Å². The third kappa shape index (κ3) is 3.98. The molecule has 0 spiro atoms. The zero-order valence-electron chi connectivity index (χ0n) is 16.3. The van der Waals surface area contributed by atoms with Crippen LogP contribution in [0.4, 0.5) is 0 Å². The summed E-state index contributed by atoms with van der Waals surface area (Å²) in [7, 11) is 0. The molecule has 0 nitrogen and oxygen atoms in total. The minimum atomic E-state index is 0. The summed E-state index contributed by atoms with van der Waals surface area (Å²) in [6, 6.07) is 26.7. The van der Waals surface area contributed by atoms with E-state index >= 15 is 0 Å². The van der Waals surface area contributed by atoms with Crippen molar-refractivity contribution >= 4 is 5.57 Å². The molecule has 0 N–H and O–H groups in total. The van der Waals surface area contributed by atoms with E-state index < -0.39 is 0 Å². The third-order valence-electron chi connectivity index (χ3n) is 5.92. The molecule has 2 aliphatic rings. The van der Waals surface area contributed by atoms with E-state index in [4.69, 9.17) is 0 Å². The van der Waals surface area contributed by atoms with Crippen LogP contribution in [0.15, 0.2) is 90.0 Å². The number of benzene rings is 3. The van der Waals surface area contributed by atoms with E-state index in [1.165, 1.54) is 39.0 Å². The van der Waals surface area contributed by atoms with Gasteiger partial charge in [-0.15, -0.1) is 0 Å². The fourth-order valence-electron chi connectivity index (χ4n) is 4.54. The van der Waals surface area contributed by atoms with Crippen LogP contribution in [0.2, 0.25) is 0 Å². The van der Waals surface area contributed by atoms with Gasteiger partial charge < -0.3 is 24.8 Å². The van der Waals surface area contributed by atoms with Crippen molar-refractivity contribution in [3.05, 3.63) is 112 Å². The molecule has 2 aliphatic carbocycles. The number of rotatable bonds is 3. The molecule has 0 saturated carbocycles. The van der Waals surface area contributed by atoms with E-state index in [1.807, 2.05) is 0 Å². The summed E-state index contributed by atoms with van der Waals surface area (Å²) < 4.78 is 0.555. The number of hydrogen-bond donors (Lipinski definition) is 0. The van der Waals surface area contributed by atoms with Gasteiger partial charge in [0, 0.05) is 0 Å². The van der Waals surface area contributed by atoms with Crippen LogP contribution in [-0.2, 0) is 31.1 Å². The molecule has 143 valence electrons. The Bertz CT molecular complexity index is 1100. The molecule has 0 fully saturated rings. The molecule has 3 aromatic carbocycles. The molecule has 0 saturated heterocycles. The Morgan fingerprint density at radius 3 is 2.24 bits per heavy atom. The monoisotopic (exact) mass is 493 g/mol. The largest absolute Gasteiger partial charge is 1.00 e. The first-order valence-corrected chi connectivity index (χ1v) is 11.0. The number of hydrogen-bond acceptors (Lipinski definition) is 0. The molecular weight excluding hydrogens is 474 g/mol. The van der Waals surface area contributed by atoms with Gasteiger partial charge in [0.1, 0.15) is 0 Å². The zero-order valence-corrected chi connectivity index (χ0v) is 20.2. The summed E-state index contributed by atoms with van der Waals surface area (Å²) in [5.41, 5.74) is 13.3. The SMILES string of the molecule is CC1=C(Cc2ccccc2)CC(c2cccc3c2[CH]([Zr+2])c2ccccc2-3)=C1.[Cl-].[Cl-]. The summed E-state index contributed by atoms with van der Waals surface area (Å²) in [5, 5.41) is 0. The van der Waals surface area contributed by atoms with Crippen molar-refractivity contribution in [2.75, 3.05) is 0 Å². The fourth-order valence-corrected chi connectivity index (χ4v) is 5.92. The van der Waals surface area contributed by atoms with Gasteiger partial charge in [-0.3, -0.25) is 0 Å². The first-order valence-electron chi connectivity index (χ1n) is 9.59. The molecule has 3 heteroatoms. The number of fused-ring (bicyclic) bond motifs is 3. The van der Waals surface area contributed by atoms with E-state index in [0.29, 0.717) is 3.63 Å². The van der Waals surface area contributed by atoms with Crippen molar-refractivity contribution < 1.29 is 49.5 Å². The van der Waals surface area contributed by atoms with E-state index in [0.717, 1.165) is 12.8 Å². The second kappa shape index (κ2) is 9.17. The van der Waals surface area contributed by atoms with Crippen molar-refractivity contribution in [2.24, 2.45) is 0 Å². The smallest absolute Gasteiger partial charge is 1.00 e. The Balaban J connectivity index is 0.00000120. The quantitative estimate of drug-likeness (QED) is 0.501. The number of halogens is 2. The van der Waals surface area contributed by atoms with Gasteiger partial charge >= 0.3 is 177 Å². The first kappa shape index (κ1) is 22.3. The molecule has 0 bridgehead atoms. The van der Waals surface area contributed by atoms with Crippen LogP contribution in [0.1, 0.15) is 39.2 Å². The van der Waals surface area contributed by atoms with Gasteiger partial charge in [-0.2, -0.15) is 0 Å². The van der Waals surface area contributed by atoms with Crippen LogP contribution >= 0.6 is 0 Å². The Labute approximate surface area is 200 Å². The van der Waals surface area contributed by atoms with Crippen LogP contribution in [0.5, 0.6) is 0 Å². The molecule has 1 atom stereocenters. The van der Waals surface area contributed by atoms with Crippen molar-refractivity contribution in [3.8, 4) is 11.1 Å². The van der Waals surface area contributed by atoms with Gasteiger partial charge in [-0.1, -0.05) is 0 Å². The molecule has 29 heavy (non-hydrogen) atoms. The minimum Gasteiger partial charge on any atom is -1.00 e. The fraction of sp³-hybridized carbons (Fsp3) is 0.154. The summed E-state index contributed by atoms with van der Waals surface area (Å²) >= 11 is 1.58. The number of allylic oxidation sites excluding steroid dienone is 4. The zero-order chi connectivity index (χ0) is 18.4. The second-order valence-corrected chi connectivity index (χ2v) is 9.00. The summed E-state index contributed by atoms with van der Waals surface area (Å²) in [6.07, 6.45) is 4.57. The summed E-state index contributed by atoms with van der Waals surface area (Å²) in [6.45, 7) is 2.28. The van der Waals surface area contributed by atoms with Crippen molar-refractivity contribution in [2.45, 2.75) is 23.4 Å². The van der Waals surface area contributed by atoms with E-state index in [9.17, 15) is 0 Å². The van der Waals surface area contributed by atoms with Crippen LogP contribution in [0.25, 0.3) is 16.7 Å². The molecule has 0 aromatic heterocycles. The minimum absolute atomic E-state index is 0. The van der Waals surface area contributed by atoms with Gasteiger partial charge in [0.2, 0.25) is 0 Å². The molecule has 1 unspecified atom stereocenters. The molecule has 0 amide bonds. The van der Waals surface area contributed by atoms with Gasteiger partial charge in [0.15, 0.2) is 0 Å². The topological polar surface area (TPSA) is 0 Å². The maximum absolute atomic E-state index is 2.43. The van der Waals surface area contributed by atoms with Crippen LogP contribution in [0.3, 0.4) is 0 Å². The van der Waals surface area contributed by atoms with Crippen molar-refractivity contribution in [3.63, 3.8) is 0 Å². The van der Waals surface area contributed by atoms with Crippen LogP contribution in [0, 0.1) is 0 Å². The van der Waals surface area contributed by atoms with Crippen LogP contribution < -0.4 is 24.8 Å². The Morgan fingerprint density at radius 2 is 1.45 bits per heavy atom. The third-order valence-corrected chi connectivity index (χ3v) is 7.39. The standard InChI is InChI=1S/C26H21.2ClH.Zr/c1-18-14-22(16-21(18)15-19-8-3-2-4-9-19)24-12-7-13-25-23-11-6-5-10-20(23)17-26(24)25;;;/h2-14,17H,15-16H2,1H3;2*1H;/q;;;+2/p-2. The van der Waals surface area contributed by atoms with Gasteiger partial charge in [0.25, 0.3) is 0 Å². The average molecular weight is 496 g/mol. The molecule has 3 aromatic rings. The van der Waals surface area contributed by atoms with E-state index in [1.54, 1.807) is 35.9 Å².